The number of nitrogens with one attached hydrogen (secondary N) is 1. The summed E-state index contributed by atoms with van der Waals surface area (Å²) in [4.78, 5) is 11.1. The van der Waals surface area contributed by atoms with E-state index in [1.807, 2.05) is 12.1 Å². The van der Waals surface area contributed by atoms with Gasteiger partial charge in [-0.15, -0.1) is 0 Å². The SMILES string of the molecule is C=C(C#N)c1ccc2c(c1)CC(=O)N2. The fraction of sp³-hybridized carbons (Fsp3) is 0.0909. The molecule has 0 spiro atoms. The van der Waals surface area contributed by atoms with Gasteiger partial charge in [0.2, 0.25) is 5.91 Å². The second-order valence-corrected chi connectivity index (χ2v) is 3.19. The van der Waals surface area contributed by atoms with Crippen molar-refractivity contribution in [3.63, 3.8) is 0 Å². The number of allylic oxidation sites excluding steroid dienone is 1. The number of nitrogens with zero attached hydrogens (tertiary/aromatic N) is 1. The maximum Gasteiger partial charge on any atom is 0.228 e. The fourth-order valence-corrected chi connectivity index (χ4v) is 1.48. The molecule has 0 saturated carbocycles. The normalized spacial score (nSPS) is 12.9. The number of rotatable bonds is 1. The number of nitriles is 1. The van der Waals surface area contributed by atoms with Gasteiger partial charge in [-0.25, -0.2) is 0 Å². The van der Waals surface area contributed by atoms with E-state index in [-0.39, 0.29) is 5.91 Å². The molecular weight excluding hydrogens is 176 g/mol. The zero-order valence-electron chi connectivity index (χ0n) is 7.50. The van der Waals surface area contributed by atoms with Crippen LogP contribution in [0.1, 0.15) is 11.1 Å². The van der Waals surface area contributed by atoms with Crippen molar-refractivity contribution in [3.05, 3.63) is 35.9 Å². The fourth-order valence-electron chi connectivity index (χ4n) is 1.48. The van der Waals surface area contributed by atoms with Gasteiger partial charge >= 0.3 is 0 Å². The Morgan fingerprint density at radius 3 is 3.07 bits per heavy atom. The van der Waals surface area contributed by atoms with Crippen molar-refractivity contribution in [1.29, 1.82) is 5.26 Å². The highest BCUT2D eigenvalue weighted by Crippen LogP contribution is 2.25. The zero-order valence-corrected chi connectivity index (χ0v) is 7.50. The average Bonchev–Trinajstić information content (AvgIpc) is 2.55. The smallest absolute Gasteiger partial charge is 0.228 e. The first kappa shape index (κ1) is 8.52. The highest BCUT2D eigenvalue weighted by Gasteiger charge is 2.17. The van der Waals surface area contributed by atoms with E-state index >= 15 is 0 Å². The van der Waals surface area contributed by atoms with Crippen molar-refractivity contribution < 1.29 is 4.79 Å². The highest BCUT2D eigenvalue weighted by atomic mass is 16.1. The summed E-state index contributed by atoms with van der Waals surface area (Å²) in [5, 5.41) is 11.4. The quantitative estimate of drug-likeness (QED) is 0.675. The van der Waals surface area contributed by atoms with Crippen molar-refractivity contribution in [2.45, 2.75) is 6.42 Å². The Balaban J connectivity index is 2.43. The van der Waals surface area contributed by atoms with Crippen molar-refractivity contribution in [2.75, 3.05) is 5.32 Å². The van der Waals surface area contributed by atoms with E-state index in [0.717, 1.165) is 16.8 Å². The Morgan fingerprint density at radius 2 is 2.36 bits per heavy atom. The summed E-state index contributed by atoms with van der Waals surface area (Å²) in [5.41, 5.74) is 2.98. The number of benzene rings is 1. The van der Waals surface area contributed by atoms with Gasteiger partial charge in [0.25, 0.3) is 0 Å². The second-order valence-electron chi connectivity index (χ2n) is 3.19. The van der Waals surface area contributed by atoms with Crippen LogP contribution in [0.4, 0.5) is 5.69 Å². The number of fused-ring (bicyclic) bond motifs is 1. The number of hydrogen-bond donors (Lipinski definition) is 1. The maximum absolute atomic E-state index is 11.1. The lowest BCUT2D eigenvalue weighted by molar-refractivity contribution is -0.115. The molecule has 1 N–H and O–H groups in total. The molecule has 0 unspecified atom stereocenters. The van der Waals surface area contributed by atoms with Crippen LogP contribution in [-0.2, 0) is 11.2 Å². The van der Waals surface area contributed by atoms with E-state index in [4.69, 9.17) is 5.26 Å². The summed E-state index contributed by atoms with van der Waals surface area (Å²) < 4.78 is 0. The topological polar surface area (TPSA) is 52.9 Å². The van der Waals surface area contributed by atoms with Gasteiger partial charge in [-0.2, -0.15) is 5.26 Å². The Kier molecular flexibility index (Phi) is 1.83. The highest BCUT2D eigenvalue weighted by molar-refractivity contribution is 5.99. The van der Waals surface area contributed by atoms with Crippen LogP contribution in [0.15, 0.2) is 24.8 Å². The number of anilines is 1. The predicted molar refractivity (Wildman–Crippen MR) is 53.4 cm³/mol. The predicted octanol–water partition coefficient (Wildman–Crippen LogP) is 1.72. The monoisotopic (exact) mass is 184 g/mol. The third-order valence-corrected chi connectivity index (χ3v) is 2.21. The molecule has 1 heterocycles. The molecule has 0 bridgehead atoms. The molecule has 3 heteroatoms. The van der Waals surface area contributed by atoms with Crippen LogP contribution in [-0.4, -0.2) is 5.91 Å². The molecule has 1 amide bonds. The van der Waals surface area contributed by atoms with Gasteiger partial charge in [0.15, 0.2) is 0 Å². The number of carbonyl (C=O) groups is 1. The summed E-state index contributed by atoms with van der Waals surface area (Å²) in [5.74, 6) is -0.000259. The molecule has 0 aliphatic carbocycles. The Morgan fingerprint density at radius 1 is 1.57 bits per heavy atom. The summed E-state index contributed by atoms with van der Waals surface area (Å²) in [6.45, 7) is 3.62. The van der Waals surface area contributed by atoms with E-state index in [9.17, 15) is 4.79 Å². The van der Waals surface area contributed by atoms with E-state index < -0.39 is 0 Å². The van der Waals surface area contributed by atoms with Crippen molar-refractivity contribution in [1.82, 2.24) is 0 Å². The first-order chi connectivity index (χ1) is 6.70. The summed E-state index contributed by atoms with van der Waals surface area (Å²) in [7, 11) is 0. The first-order valence-electron chi connectivity index (χ1n) is 4.23. The lowest BCUT2D eigenvalue weighted by Crippen LogP contribution is -2.03. The Bertz CT molecular complexity index is 469. The maximum atomic E-state index is 11.1. The van der Waals surface area contributed by atoms with Gasteiger partial charge < -0.3 is 5.32 Å². The Hall–Kier alpha value is -2.08. The molecule has 0 aromatic heterocycles. The lowest BCUT2D eigenvalue weighted by atomic mass is 10.0. The molecule has 0 atom stereocenters. The van der Waals surface area contributed by atoms with Crippen molar-refractivity contribution >= 4 is 17.2 Å². The van der Waals surface area contributed by atoms with E-state index in [2.05, 4.69) is 11.9 Å². The first-order valence-corrected chi connectivity index (χ1v) is 4.23. The van der Waals surface area contributed by atoms with Crippen molar-refractivity contribution in [3.8, 4) is 6.07 Å². The van der Waals surface area contributed by atoms with Gasteiger partial charge in [0, 0.05) is 5.69 Å². The molecule has 3 nitrogen and oxygen atoms in total. The largest absolute Gasteiger partial charge is 0.326 e. The molecule has 2 rings (SSSR count). The van der Waals surface area contributed by atoms with Gasteiger partial charge in [-0.05, 0) is 23.3 Å². The minimum absolute atomic E-state index is 0.000259. The van der Waals surface area contributed by atoms with E-state index in [0.29, 0.717) is 12.0 Å². The van der Waals surface area contributed by atoms with Crippen LogP contribution in [0.25, 0.3) is 5.57 Å². The van der Waals surface area contributed by atoms with Gasteiger partial charge in [-0.3, -0.25) is 4.79 Å². The number of hydrogen-bond acceptors (Lipinski definition) is 2. The third kappa shape index (κ3) is 1.27. The minimum Gasteiger partial charge on any atom is -0.326 e. The third-order valence-electron chi connectivity index (χ3n) is 2.21. The Labute approximate surface area is 81.7 Å². The van der Waals surface area contributed by atoms with Crippen LogP contribution in [0.5, 0.6) is 0 Å². The second kappa shape index (κ2) is 3.00. The molecule has 14 heavy (non-hydrogen) atoms. The van der Waals surface area contributed by atoms with Crippen LogP contribution < -0.4 is 5.32 Å². The van der Waals surface area contributed by atoms with Gasteiger partial charge in [0.1, 0.15) is 0 Å². The standard InChI is InChI=1S/C11H8N2O/c1-7(6-12)8-2-3-10-9(4-8)5-11(14)13-10/h2-4H,1,5H2,(H,13,14). The molecule has 0 fully saturated rings. The number of carbonyl (C=O) groups excluding carboxylic acids is 1. The molecule has 0 saturated heterocycles. The zero-order chi connectivity index (χ0) is 10.1. The van der Waals surface area contributed by atoms with Crippen LogP contribution in [0.2, 0.25) is 0 Å². The summed E-state index contributed by atoms with van der Waals surface area (Å²) in [6.07, 6.45) is 0.391. The van der Waals surface area contributed by atoms with Crippen LogP contribution in [0, 0.1) is 11.3 Å². The average molecular weight is 184 g/mol. The molecule has 68 valence electrons. The molecule has 1 aromatic carbocycles. The summed E-state index contributed by atoms with van der Waals surface area (Å²) in [6, 6.07) is 7.41. The van der Waals surface area contributed by atoms with Crippen LogP contribution >= 0.6 is 0 Å². The minimum atomic E-state index is -0.000259. The molecule has 0 radical (unpaired) electrons. The molecule has 1 aromatic rings. The van der Waals surface area contributed by atoms with Gasteiger partial charge in [-0.1, -0.05) is 12.6 Å². The molecule has 1 aliphatic heterocycles. The number of amides is 1. The van der Waals surface area contributed by atoms with Gasteiger partial charge in [0.05, 0.1) is 18.1 Å². The van der Waals surface area contributed by atoms with Crippen molar-refractivity contribution in [2.24, 2.45) is 0 Å². The molecular formula is C11H8N2O. The van der Waals surface area contributed by atoms with E-state index in [1.54, 1.807) is 12.1 Å². The van der Waals surface area contributed by atoms with Crippen LogP contribution in [0.3, 0.4) is 0 Å². The summed E-state index contributed by atoms with van der Waals surface area (Å²) >= 11 is 0. The molecule has 1 aliphatic rings. The lowest BCUT2D eigenvalue weighted by Gasteiger charge is -2.01. The van der Waals surface area contributed by atoms with E-state index in [1.165, 1.54) is 0 Å².